The molecule has 0 radical (unpaired) electrons. The van der Waals surface area contributed by atoms with Crippen LogP contribution in [0.1, 0.15) is 31.5 Å². The Hall–Kier alpha value is -2.47. The average Bonchev–Trinajstić information content (AvgIpc) is 2.58. The first kappa shape index (κ1) is 17.9. The summed E-state index contributed by atoms with van der Waals surface area (Å²) in [6.45, 7) is 3.54. The summed E-state index contributed by atoms with van der Waals surface area (Å²) in [5.74, 6) is 0.470. The zero-order valence-corrected chi connectivity index (χ0v) is 13.6. The molecule has 2 rings (SSSR count). The number of amides is 1. The molecule has 0 saturated carbocycles. The van der Waals surface area contributed by atoms with E-state index >= 15 is 0 Å². The minimum absolute atomic E-state index is 0.0842. The van der Waals surface area contributed by atoms with Gasteiger partial charge >= 0.3 is 0 Å². The van der Waals surface area contributed by atoms with Gasteiger partial charge in [-0.05, 0) is 31.4 Å². The topological polar surface area (TPSA) is 95.1 Å². The Morgan fingerprint density at radius 3 is 2.96 bits per heavy atom. The van der Waals surface area contributed by atoms with Crippen LogP contribution in [0.4, 0.5) is 0 Å². The highest BCUT2D eigenvalue weighted by atomic mass is 16.3. The monoisotopic (exact) mass is 329 g/mol. The number of aromatic amines is 1. The minimum atomic E-state index is -0.242. The van der Waals surface area contributed by atoms with E-state index < -0.39 is 0 Å². The van der Waals surface area contributed by atoms with E-state index in [1.54, 1.807) is 24.3 Å². The van der Waals surface area contributed by atoms with Gasteiger partial charge in [0, 0.05) is 12.8 Å². The number of nitrogens with one attached hydrogen (secondary N) is 2. The van der Waals surface area contributed by atoms with E-state index in [0.29, 0.717) is 42.4 Å². The zero-order chi connectivity index (χ0) is 17.4. The van der Waals surface area contributed by atoms with Crippen LogP contribution in [0, 0.1) is 0 Å². The highest BCUT2D eigenvalue weighted by Crippen LogP contribution is 2.07. The third-order valence-electron chi connectivity index (χ3n) is 3.78. The lowest BCUT2D eigenvalue weighted by Gasteiger charge is -2.15. The molecule has 0 aliphatic rings. The summed E-state index contributed by atoms with van der Waals surface area (Å²) < 4.78 is 0. The van der Waals surface area contributed by atoms with Crippen molar-refractivity contribution in [3.63, 3.8) is 0 Å². The molecule has 1 unspecified atom stereocenters. The minimum Gasteiger partial charge on any atom is -0.394 e. The summed E-state index contributed by atoms with van der Waals surface area (Å²) in [5, 5.41) is 12.6. The number of aromatic nitrogens is 2. The average molecular weight is 329 g/mol. The van der Waals surface area contributed by atoms with Gasteiger partial charge in [0.15, 0.2) is 0 Å². The number of benzene rings is 1. The summed E-state index contributed by atoms with van der Waals surface area (Å²) in [5.41, 5.74) is 0.496. The lowest BCUT2D eigenvalue weighted by Crippen LogP contribution is -2.37. The van der Waals surface area contributed by atoms with Gasteiger partial charge in [-0.25, -0.2) is 4.98 Å². The van der Waals surface area contributed by atoms with Gasteiger partial charge in [0.2, 0.25) is 5.91 Å². The second-order valence-corrected chi connectivity index (χ2v) is 5.70. The maximum absolute atomic E-state index is 12.0. The number of hydrogen-bond donors (Lipinski definition) is 3. The van der Waals surface area contributed by atoms with Crippen molar-refractivity contribution >= 4 is 16.8 Å². The predicted molar refractivity (Wildman–Crippen MR) is 93.7 cm³/mol. The highest BCUT2D eigenvalue weighted by Gasteiger charge is 2.11. The van der Waals surface area contributed by atoms with Crippen molar-refractivity contribution in [2.24, 2.45) is 0 Å². The summed E-state index contributed by atoms with van der Waals surface area (Å²) in [4.78, 5) is 31.0. The Bertz CT molecular complexity index is 755. The summed E-state index contributed by atoms with van der Waals surface area (Å²) >= 11 is 0. The van der Waals surface area contributed by atoms with E-state index in [1.807, 2.05) is 6.07 Å². The predicted octanol–water partition coefficient (Wildman–Crippen LogP) is 1.69. The lowest BCUT2D eigenvalue weighted by molar-refractivity contribution is -0.122. The molecule has 1 atom stereocenters. The number of rotatable bonds is 9. The van der Waals surface area contributed by atoms with Crippen LogP contribution in [0.5, 0.6) is 0 Å². The van der Waals surface area contributed by atoms with Crippen LogP contribution >= 0.6 is 0 Å². The van der Waals surface area contributed by atoms with Gasteiger partial charge in [0.25, 0.3) is 5.56 Å². The number of aliphatic hydroxyl groups excluding tert-OH is 1. The SMILES string of the molecule is C=CCCC(CO)NC(=O)CCCc1nc2ccccc2c(=O)[nH]1. The molecule has 0 bridgehead atoms. The zero-order valence-electron chi connectivity index (χ0n) is 13.6. The third kappa shape index (κ3) is 5.03. The molecule has 0 aliphatic carbocycles. The van der Waals surface area contributed by atoms with Crippen LogP contribution in [0.3, 0.4) is 0 Å². The Morgan fingerprint density at radius 1 is 1.42 bits per heavy atom. The van der Waals surface area contributed by atoms with Crippen molar-refractivity contribution in [2.75, 3.05) is 6.61 Å². The van der Waals surface area contributed by atoms with Gasteiger partial charge in [-0.15, -0.1) is 6.58 Å². The van der Waals surface area contributed by atoms with Crippen LogP contribution in [0.15, 0.2) is 41.7 Å². The van der Waals surface area contributed by atoms with Gasteiger partial charge < -0.3 is 15.4 Å². The number of para-hydroxylation sites is 1. The van der Waals surface area contributed by atoms with Gasteiger partial charge in [-0.3, -0.25) is 9.59 Å². The van der Waals surface area contributed by atoms with E-state index in [9.17, 15) is 14.7 Å². The molecule has 128 valence electrons. The second kappa shape index (κ2) is 8.98. The van der Waals surface area contributed by atoms with Crippen LogP contribution in [-0.4, -0.2) is 33.6 Å². The smallest absolute Gasteiger partial charge is 0.258 e. The van der Waals surface area contributed by atoms with Gasteiger partial charge in [-0.1, -0.05) is 18.2 Å². The fourth-order valence-corrected chi connectivity index (χ4v) is 2.50. The highest BCUT2D eigenvalue weighted by molar-refractivity contribution is 5.77. The number of fused-ring (bicyclic) bond motifs is 1. The molecule has 2 aromatic rings. The van der Waals surface area contributed by atoms with Crippen LogP contribution in [0.25, 0.3) is 10.9 Å². The number of aliphatic hydroxyl groups is 1. The maximum Gasteiger partial charge on any atom is 0.258 e. The first-order chi connectivity index (χ1) is 11.6. The molecular weight excluding hydrogens is 306 g/mol. The molecule has 1 heterocycles. The molecule has 0 fully saturated rings. The fraction of sp³-hybridized carbons (Fsp3) is 0.389. The molecule has 1 amide bonds. The Morgan fingerprint density at radius 2 is 2.21 bits per heavy atom. The molecular formula is C18H23N3O3. The molecule has 6 nitrogen and oxygen atoms in total. The Labute approximate surface area is 140 Å². The molecule has 0 aliphatic heterocycles. The summed E-state index contributed by atoms with van der Waals surface area (Å²) in [6.07, 6.45) is 4.59. The Kier molecular flexibility index (Phi) is 6.69. The van der Waals surface area contributed by atoms with Crippen LogP contribution in [-0.2, 0) is 11.2 Å². The number of nitrogens with zero attached hydrogens (tertiary/aromatic N) is 1. The first-order valence-corrected chi connectivity index (χ1v) is 8.13. The second-order valence-electron chi connectivity index (χ2n) is 5.70. The lowest BCUT2D eigenvalue weighted by atomic mass is 10.1. The third-order valence-corrected chi connectivity index (χ3v) is 3.78. The van der Waals surface area contributed by atoms with E-state index in [-0.39, 0.29) is 24.1 Å². The fourth-order valence-electron chi connectivity index (χ4n) is 2.50. The molecule has 6 heteroatoms. The van der Waals surface area contributed by atoms with Gasteiger partial charge in [-0.2, -0.15) is 0 Å². The largest absolute Gasteiger partial charge is 0.394 e. The molecule has 24 heavy (non-hydrogen) atoms. The van der Waals surface area contributed by atoms with Crippen LogP contribution < -0.4 is 10.9 Å². The standard InChI is InChI=1S/C18H23N3O3/c1-2-3-7-13(12-22)19-17(23)11-6-10-16-20-15-9-5-4-8-14(15)18(24)21-16/h2,4-5,8-9,13,22H,1,3,6-7,10-12H2,(H,19,23)(H,20,21,24). The Balaban J connectivity index is 1.86. The number of carbonyl (C=O) groups excluding carboxylic acids is 1. The number of aryl methyl sites for hydroxylation is 1. The molecule has 0 spiro atoms. The molecule has 0 saturated heterocycles. The van der Waals surface area contributed by atoms with Crippen molar-refractivity contribution in [3.8, 4) is 0 Å². The van der Waals surface area contributed by atoms with E-state index in [4.69, 9.17) is 0 Å². The summed E-state index contributed by atoms with van der Waals surface area (Å²) in [7, 11) is 0. The van der Waals surface area contributed by atoms with Crippen molar-refractivity contribution in [1.82, 2.24) is 15.3 Å². The van der Waals surface area contributed by atoms with Gasteiger partial charge in [0.1, 0.15) is 5.82 Å². The number of hydrogen-bond acceptors (Lipinski definition) is 4. The van der Waals surface area contributed by atoms with Crippen molar-refractivity contribution in [3.05, 3.63) is 53.1 Å². The van der Waals surface area contributed by atoms with Crippen molar-refractivity contribution in [1.29, 1.82) is 0 Å². The molecule has 1 aromatic carbocycles. The number of H-pyrrole nitrogens is 1. The van der Waals surface area contributed by atoms with E-state index in [0.717, 1.165) is 6.42 Å². The molecule has 1 aromatic heterocycles. The maximum atomic E-state index is 12.0. The van der Waals surface area contributed by atoms with Gasteiger partial charge in [0.05, 0.1) is 23.6 Å². The number of carbonyl (C=O) groups is 1. The van der Waals surface area contributed by atoms with Crippen LogP contribution in [0.2, 0.25) is 0 Å². The molecule has 3 N–H and O–H groups in total. The van der Waals surface area contributed by atoms with E-state index in [1.165, 1.54) is 0 Å². The van der Waals surface area contributed by atoms with Crippen molar-refractivity contribution in [2.45, 2.75) is 38.1 Å². The first-order valence-electron chi connectivity index (χ1n) is 8.13. The van der Waals surface area contributed by atoms with E-state index in [2.05, 4.69) is 21.9 Å². The summed E-state index contributed by atoms with van der Waals surface area (Å²) in [6, 6.07) is 6.93. The number of allylic oxidation sites excluding steroid dienone is 1. The normalized spacial score (nSPS) is 12.0. The van der Waals surface area contributed by atoms with Crippen molar-refractivity contribution < 1.29 is 9.90 Å². The quantitative estimate of drug-likeness (QED) is 0.610.